The van der Waals surface area contributed by atoms with Gasteiger partial charge in [0.15, 0.2) is 5.82 Å². The zero-order valence-electron chi connectivity index (χ0n) is 15.3. The van der Waals surface area contributed by atoms with E-state index in [9.17, 15) is 4.79 Å². The fourth-order valence-corrected chi connectivity index (χ4v) is 3.47. The molecule has 0 bridgehead atoms. The second kappa shape index (κ2) is 8.72. The van der Waals surface area contributed by atoms with Gasteiger partial charge >= 0.3 is 0 Å². The summed E-state index contributed by atoms with van der Waals surface area (Å²) in [6.07, 6.45) is 0.0239. The van der Waals surface area contributed by atoms with E-state index >= 15 is 0 Å². The molecule has 2 aromatic heterocycles. The van der Waals surface area contributed by atoms with Gasteiger partial charge in [-0.2, -0.15) is 4.98 Å². The maximum atomic E-state index is 12.2. The number of nitrogens with one attached hydrogen (secondary N) is 1. The van der Waals surface area contributed by atoms with Crippen molar-refractivity contribution in [3.8, 4) is 5.75 Å². The number of nitrogens with zero attached hydrogens (tertiary/aromatic N) is 3. The van der Waals surface area contributed by atoms with E-state index in [2.05, 4.69) is 20.6 Å². The van der Waals surface area contributed by atoms with Gasteiger partial charge in [0.05, 0.1) is 30.7 Å². The van der Waals surface area contributed by atoms with Gasteiger partial charge in [-0.25, -0.2) is 0 Å². The maximum Gasteiger partial charge on any atom is 0.236 e. The van der Waals surface area contributed by atoms with Crippen LogP contribution in [0.1, 0.15) is 28.7 Å². The van der Waals surface area contributed by atoms with Gasteiger partial charge in [-0.05, 0) is 26.0 Å². The van der Waals surface area contributed by atoms with Crippen molar-refractivity contribution in [3.05, 3.63) is 53.0 Å². The molecule has 0 aliphatic carbocycles. The Hall–Kier alpha value is -2.81. The lowest BCUT2D eigenvalue weighted by Gasteiger charge is -2.08. The van der Waals surface area contributed by atoms with Gasteiger partial charge in [0.2, 0.25) is 11.8 Å². The van der Waals surface area contributed by atoms with Crippen LogP contribution in [-0.2, 0) is 22.7 Å². The fraction of sp³-hybridized carbons (Fsp3) is 0.333. The summed E-state index contributed by atoms with van der Waals surface area (Å²) in [5.41, 5.74) is 2.57. The first kappa shape index (κ1) is 19.0. The molecule has 0 atom stereocenters. The highest BCUT2D eigenvalue weighted by Gasteiger charge is 2.14. The molecule has 2 heterocycles. The average Bonchev–Trinajstić information content (AvgIpc) is 3.23. The summed E-state index contributed by atoms with van der Waals surface area (Å²) in [4.78, 5) is 16.5. The van der Waals surface area contributed by atoms with Crippen molar-refractivity contribution in [1.82, 2.24) is 15.3 Å². The molecule has 3 aromatic rings. The lowest BCUT2D eigenvalue weighted by Crippen LogP contribution is -2.15. The summed E-state index contributed by atoms with van der Waals surface area (Å²) in [5, 5.41) is 10.6. The summed E-state index contributed by atoms with van der Waals surface area (Å²) >= 11 is 1.62. The number of amides is 1. The van der Waals surface area contributed by atoms with Crippen LogP contribution in [0.15, 0.2) is 33.3 Å². The molecule has 0 unspecified atom stereocenters. The van der Waals surface area contributed by atoms with Gasteiger partial charge in [-0.15, -0.1) is 11.8 Å². The molecular formula is C18H20N4O4S. The lowest BCUT2D eigenvalue weighted by atomic mass is 10.2. The van der Waals surface area contributed by atoms with Crippen molar-refractivity contribution < 1.29 is 18.6 Å². The molecule has 0 fully saturated rings. The quantitative estimate of drug-likeness (QED) is 0.627. The van der Waals surface area contributed by atoms with Crippen LogP contribution in [0.25, 0.3) is 0 Å². The van der Waals surface area contributed by atoms with E-state index in [4.69, 9.17) is 13.8 Å². The first-order valence-electron chi connectivity index (χ1n) is 8.30. The van der Waals surface area contributed by atoms with Gasteiger partial charge in [-0.3, -0.25) is 4.79 Å². The zero-order chi connectivity index (χ0) is 19.2. The van der Waals surface area contributed by atoms with E-state index in [1.807, 2.05) is 26.0 Å². The van der Waals surface area contributed by atoms with Crippen LogP contribution >= 0.6 is 11.8 Å². The molecule has 27 heavy (non-hydrogen) atoms. The monoisotopic (exact) mass is 388 g/mol. The van der Waals surface area contributed by atoms with E-state index in [1.54, 1.807) is 31.0 Å². The number of ether oxygens (including phenoxy) is 1. The molecule has 1 amide bonds. The number of hydrogen-bond donors (Lipinski definition) is 1. The first-order valence-corrected chi connectivity index (χ1v) is 9.46. The number of hydrogen-bond acceptors (Lipinski definition) is 8. The molecule has 1 aromatic carbocycles. The summed E-state index contributed by atoms with van der Waals surface area (Å²) < 4.78 is 15.6. The number of para-hydroxylation sites is 2. The third-order valence-corrected chi connectivity index (χ3v) is 4.81. The average molecular weight is 388 g/mol. The normalized spacial score (nSPS) is 10.8. The van der Waals surface area contributed by atoms with Crippen LogP contribution < -0.4 is 10.1 Å². The highest BCUT2D eigenvalue weighted by Crippen LogP contribution is 2.24. The minimum Gasteiger partial charge on any atom is -0.495 e. The molecule has 0 aliphatic heterocycles. The Morgan fingerprint density at radius 3 is 2.74 bits per heavy atom. The molecule has 8 nitrogen and oxygen atoms in total. The van der Waals surface area contributed by atoms with Crippen molar-refractivity contribution in [2.45, 2.75) is 31.8 Å². The number of aromatic nitrogens is 3. The fourth-order valence-electron chi connectivity index (χ4n) is 2.45. The van der Waals surface area contributed by atoms with E-state index in [-0.39, 0.29) is 12.3 Å². The third kappa shape index (κ3) is 4.88. The molecule has 0 radical (unpaired) electrons. The van der Waals surface area contributed by atoms with Crippen molar-refractivity contribution in [3.63, 3.8) is 0 Å². The minimum atomic E-state index is -0.241. The SMILES string of the molecule is COc1ccccc1NC(=O)Cc1noc(CSCc2c(C)noc2C)n1. The van der Waals surface area contributed by atoms with Gasteiger partial charge < -0.3 is 19.1 Å². The Bertz CT molecular complexity index is 902. The Balaban J connectivity index is 1.51. The molecule has 0 spiro atoms. The highest BCUT2D eigenvalue weighted by molar-refractivity contribution is 7.97. The molecule has 0 aliphatic rings. The number of carbonyl (C=O) groups excluding carboxylic acids is 1. The van der Waals surface area contributed by atoms with Gasteiger partial charge in [-0.1, -0.05) is 22.4 Å². The predicted molar refractivity (Wildman–Crippen MR) is 101 cm³/mol. The van der Waals surface area contributed by atoms with Crippen LogP contribution in [0.4, 0.5) is 5.69 Å². The molecule has 3 rings (SSSR count). The Morgan fingerprint density at radius 2 is 2.00 bits per heavy atom. The van der Waals surface area contributed by atoms with E-state index in [0.29, 0.717) is 28.9 Å². The number of carbonyl (C=O) groups is 1. The number of thioether (sulfide) groups is 1. The maximum absolute atomic E-state index is 12.2. The molecule has 1 N–H and O–H groups in total. The smallest absolute Gasteiger partial charge is 0.236 e. The minimum absolute atomic E-state index is 0.0239. The van der Waals surface area contributed by atoms with E-state index in [0.717, 1.165) is 22.8 Å². The van der Waals surface area contributed by atoms with Crippen molar-refractivity contribution >= 4 is 23.4 Å². The summed E-state index contributed by atoms with van der Waals surface area (Å²) in [5.74, 6) is 3.28. The van der Waals surface area contributed by atoms with Crippen LogP contribution in [0.2, 0.25) is 0 Å². The van der Waals surface area contributed by atoms with Crippen molar-refractivity contribution in [1.29, 1.82) is 0 Å². The second-order valence-electron chi connectivity index (χ2n) is 5.83. The Labute approximate surface area is 160 Å². The molecular weight excluding hydrogens is 368 g/mol. The Morgan fingerprint density at radius 1 is 1.19 bits per heavy atom. The second-order valence-corrected chi connectivity index (χ2v) is 6.81. The zero-order valence-corrected chi connectivity index (χ0v) is 16.1. The lowest BCUT2D eigenvalue weighted by molar-refractivity contribution is -0.115. The van der Waals surface area contributed by atoms with Crippen LogP contribution in [0.5, 0.6) is 5.75 Å². The van der Waals surface area contributed by atoms with Gasteiger partial charge in [0.25, 0.3) is 0 Å². The largest absolute Gasteiger partial charge is 0.495 e. The van der Waals surface area contributed by atoms with Crippen molar-refractivity contribution in [2.24, 2.45) is 0 Å². The number of benzene rings is 1. The topological polar surface area (TPSA) is 103 Å². The highest BCUT2D eigenvalue weighted by atomic mass is 32.2. The standard InChI is InChI=1S/C18H20N4O4S/c1-11-13(12(2)25-21-11)9-27-10-18-20-16(22-26-18)8-17(23)19-14-6-4-5-7-15(14)24-3/h4-7H,8-10H2,1-3H3,(H,19,23). The molecule has 9 heteroatoms. The first-order chi connectivity index (χ1) is 13.1. The Kier molecular flexibility index (Phi) is 6.12. The third-order valence-electron chi connectivity index (χ3n) is 3.86. The van der Waals surface area contributed by atoms with E-state index in [1.165, 1.54) is 0 Å². The summed E-state index contributed by atoms with van der Waals surface area (Å²) in [6, 6.07) is 7.20. The number of aryl methyl sites for hydroxylation is 2. The van der Waals surface area contributed by atoms with Crippen LogP contribution in [-0.4, -0.2) is 28.3 Å². The number of methoxy groups -OCH3 is 1. The van der Waals surface area contributed by atoms with E-state index < -0.39 is 0 Å². The summed E-state index contributed by atoms with van der Waals surface area (Å²) in [7, 11) is 1.55. The molecule has 0 saturated carbocycles. The molecule has 0 saturated heterocycles. The number of anilines is 1. The predicted octanol–water partition coefficient (Wildman–Crippen LogP) is 3.30. The van der Waals surface area contributed by atoms with Crippen LogP contribution in [0.3, 0.4) is 0 Å². The van der Waals surface area contributed by atoms with Crippen molar-refractivity contribution in [2.75, 3.05) is 12.4 Å². The number of rotatable bonds is 8. The van der Waals surface area contributed by atoms with Crippen LogP contribution in [0, 0.1) is 13.8 Å². The van der Waals surface area contributed by atoms with Gasteiger partial charge in [0.1, 0.15) is 11.5 Å². The summed E-state index contributed by atoms with van der Waals surface area (Å²) in [6.45, 7) is 3.80. The molecule has 142 valence electrons. The van der Waals surface area contributed by atoms with Gasteiger partial charge in [0, 0.05) is 11.3 Å².